The number of carbonyl (C=O) groups excluding carboxylic acids is 2. The van der Waals surface area contributed by atoms with Crippen LogP contribution in [-0.2, 0) is 9.59 Å². The van der Waals surface area contributed by atoms with Crippen LogP contribution in [0.5, 0.6) is 23.0 Å². The van der Waals surface area contributed by atoms with Gasteiger partial charge in [0.1, 0.15) is 17.5 Å². The van der Waals surface area contributed by atoms with Gasteiger partial charge >= 0.3 is 5.97 Å². The summed E-state index contributed by atoms with van der Waals surface area (Å²) in [7, 11) is 3.05. The van der Waals surface area contributed by atoms with E-state index in [9.17, 15) is 14.4 Å². The number of nitrogens with one attached hydrogen (secondary N) is 1. The van der Waals surface area contributed by atoms with Gasteiger partial charge in [-0.3, -0.25) is 14.4 Å². The molecule has 0 saturated carbocycles. The third-order valence-corrected chi connectivity index (χ3v) is 4.46. The molecule has 1 atom stereocenters. The fourth-order valence-electron chi connectivity index (χ4n) is 2.84. The van der Waals surface area contributed by atoms with E-state index in [1.165, 1.54) is 33.3 Å². The average Bonchev–Trinajstić information content (AvgIpc) is 3.06. The Morgan fingerprint density at radius 2 is 1.87 bits per heavy atom. The van der Waals surface area contributed by atoms with Gasteiger partial charge in [0, 0.05) is 6.07 Å². The van der Waals surface area contributed by atoms with Gasteiger partial charge in [-0.25, -0.2) is 0 Å². The SMILES string of the molecule is COc1ccc(C=C2Oc3cc(OCC(=O)NC(C)C(=O)O)ccc3C2=O)cc1OC. The van der Waals surface area contributed by atoms with E-state index in [0.717, 1.165) is 0 Å². The van der Waals surface area contributed by atoms with E-state index in [1.807, 2.05) is 0 Å². The van der Waals surface area contributed by atoms with Crippen LogP contribution < -0.4 is 24.3 Å². The Bertz CT molecular complexity index is 1060. The normalized spacial score (nSPS) is 14.4. The van der Waals surface area contributed by atoms with Crippen molar-refractivity contribution in [2.45, 2.75) is 13.0 Å². The van der Waals surface area contributed by atoms with Crippen molar-refractivity contribution in [2.24, 2.45) is 0 Å². The summed E-state index contributed by atoms with van der Waals surface area (Å²) < 4.78 is 21.5. The van der Waals surface area contributed by atoms with E-state index in [1.54, 1.807) is 30.3 Å². The highest BCUT2D eigenvalue weighted by Crippen LogP contribution is 2.35. The Morgan fingerprint density at radius 3 is 2.55 bits per heavy atom. The molecule has 2 aromatic rings. The molecule has 1 heterocycles. The molecule has 1 aliphatic heterocycles. The number of rotatable bonds is 8. The molecule has 0 aromatic heterocycles. The van der Waals surface area contributed by atoms with Crippen LogP contribution >= 0.6 is 0 Å². The first-order chi connectivity index (χ1) is 14.8. The van der Waals surface area contributed by atoms with Crippen LogP contribution in [-0.4, -0.2) is 49.6 Å². The van der Waals surface area contributed by atoms with Crippen LogP contribution in [0.3, 0.4) is 0 Å². The Labute approximate surface area is 178 Å². The van der Waals surface area contributed by atoms with Gasteiger partial charge < -0.3 is 29.4 Å². The van der Waals surface area contributed by atoms with Crippen LogP contribution in [0.4, 0.5) is 0 Å². The molecule has 9 heteroatoms. The Balaban J connectivity index is 1.71. The molecule has 1 unspecified atom stereocenters. The molecule has 0 radical (unpaired) electrons. The molecule has 0 bridgehead atoms. The maximum atomic E-state index is 12.6. The number of amides is 1. The molecule has 31 heavy (non-hydrogen) atoms. The summed E-state index contributed by atoms with van der Waals surface area (Å²) >= 11 is 0. The molecule has 162 valence electrons. The molecule has 0 spiro atoms. The highest BCUT2D eigenvalue weighted by Gasteiger charge is 2.28. The number of methoxy groups -OCH3 is 2. The van der Waals surface area contributed by atoms with Crippen molar-refractivity contribution >= 4 is 23.7 Å². The van der Waals surface area contributed by atoms with E-state index in [4.69, 9.17) is 24.1 Å². The topological polar surface area (TPSA) is 120 Å². The largest absolute Gasteiger partial charge is 0.493 e. The first-order valence-electron chi connectivity index (χ1n) is 9.27. The lowest BCUT2D eigenvalue weighted by Crippen LogP contribution is -2.40. The van der Waals surface area contributed by atoms with Crippen LogP contribution in [0, 0.1) is 0 Å². The van der Waals surface area contributed by atoms with Gasteiger partial charge in [0.2, 0.25) is 5.78 Å². The van der Waals surface area contributed by atoms with E-state index < -0.39 is 17.9 Å². The number of hydrogen-bond donors (Lipinski definition) is 2. The third-order valence-electron chi connectivity index (χ3n) is 4.46. The predicted molar refractivity (Wildman–Crippen MR) is 110 cm³/mol. The number of carboxylic acid groups (broad SMARTS) is 1. The third kappa shape index (κ3) is 4.95. The summed E-state index contributed by atoms with van der Waals surface area (Å²) in [5, 5.41) is 11.1. The van der Waals surface area contributed by atoms with Gasteiger partial charge in [-0.15, -0.1) is 0 Å². The first kappa shape index (κ1) is 21.7. The standard InChI is InChI=1S/C22H21NO8/c1-12(22(26)27)23-20(24)11-30-14-5-6-15-17(10-14)31-19(21(15)25)9-13-4-7-16(28-2)18(8-13)29-3/h4-10,12H,11H2,1-3H3,(H,23,24)(H,26,27). The van der Waals surface area contributed by atoms with Crippen molar-refractivity contribution < 1.29 is 38.4 Å². The van der Waals surface area contributed by atoms with E-state index in [0.29, 0.717) is 34.1 Å². The van der Waals surface area contributed by atoms with Crippen molar-refractivity contribution in [3.63, 3.8) is 0 Å². The second-order valence-corrected chi connectivity index (χ2v) is 6.63. The van der Waals surface area contributed by atoms with Gasteiger partial charge in [0.15, 0.2) is 23.9 Å². The van der Waals surface area contributed by atoms with Gasteiger partial charge in [-0.1, -0.05) is 6.07 Å². The van der Waals surface area contributed by atoms with Crippen LogP contribution in [0.1, 0.15) is 22.8 Å². The molecular formula is C22H21NO8. The first-order valence-corrected chi connectivity index (χ1v) is 9.27. The lowest BCUT2D eigenvalue weighted by Gasteiger charge is -2.10. The smallest absolute Gasteiger partial charge is 0.325 e. The molecule has 2 aromatic carbocycles. The van der Waals surface area contributed by atoms with Crippen LogP contribution in [0.15, 0.2) is 42.2 Å². The zero-order valence-corrected chi connectivity index (χ0v) is 17.1. The molecule has 9 nitrogen and oxygen atoms in total. The summed E-state index contributed by atoms with van der Waals surface area (Å²) in [5.41, 5.74) is 1.05. The van der Waals surface area contributed by atoms with Crippen LogP contribution in [0.25, 0.3) is 6.08 Å². The monoisotopic (exact) mass is 427 g/mol. The van der Waals surface area contributed by atoms with Gasteiger partial charge in [-0.2, -0.15) is 0 Å². The Hall–Kier alpha value is -4.01. The lowest BCUT2D eigenvalue weighted by molar-refractivity contribution is -0.141. The Morgan fingerprint density at radius 1 is 1.13 bits per heavy atom. The number of aliphatic carboxylic acids is 1. The fraction of sp³-hybridized carbons (Fsp3) is 0.227. The lowest BCUT2D eigenvalue weighted by atomic mass is 10.1. The minimum atomic E-state index is -1.15. The molecule has 0 saturated heterocycles. The zero-order chi connectivity index (χ0) is 22.5. The second-order valence-electron chi connectivity index (χ2n) is 6.63. The van der Waals surface area contributed by atoms with Crippen molar-refractivity contribution in [1.29, 1.82) is 0 Å². The fourth-order valence-corrected chi connectivity index (χ4v) is 2.84. The number of hydrogen-bond acceptors (Lipinski definition) is 7. The van der Waals surface area contributed by atoms with Gasteiger partial charge in [0.05, 0.1) is 19.8 Å². The maximum Gasteiger partial charge on any atom is 0.325 e. The highest BCUT2D eigenvalue weighted by atomic mass is 16.5. The summed E-state index contributed by atoms with van der Waals surface area (Å²) in [4.78, 5) is 35.2. The molecule has 0 fully saturated rings. The van der Waals surface area contributed by atoms with E-state index in [2.05, 4.69) is 5.32 Å². The van der Waals surface area contributed by atoms with E-state index >= 15 is 0 Å². The van der Waals surface area contributed by atoms with Gasteiger partial charge in [-0.05, 0) is 42.8 Å². The number of ketones is 1. The highest BCUT2D eigenvalue weighted by molar-refractivity contribution is 6.14. The predicted octanol–water partition coefficient (Wildman–Crippen LogP) is 2.29. The molecule has 2 N–H and O–H groups in total. The summed E-state index contributed by atoms with van der Waals surface area (Å²) in [5.74, 6) is -0.198. The summed E-state index contributed by atoms with van der Waals surface area (Å²) in [6.45, 7) is 0.972. The quantitative estimate of drug-likeness (QED) is 0.616. The van der Waals surface area contributed by atoms with Crippen molar-refractivity contribution in [1.82, 2.24) is 5.32 Å². The second kappa shape index (κ2) is 9.21. The maximum absolute atomic E-state index is 12.6. The zero-order valence-electron chi connectivity index (χ0n) is 17.1. The minimum Gasteiger partial charge on any atom is -0.493 e. The number of ether oxygens (including phenoxy) is 4. The van der Waals surface area contributed by atoms with E-state index in [-0.39, 0.29) is 18.1 Å². The minimum absolute atomic E-state index is 0.132. The number of carbonyl (C=O) groups is 3. The number of allylic oxidation sites excluding steroid dienone is 1. The van der Waals surface area contributed by atoms with Gasteiger partial charge in [0.25, 0.3) is 5.91 Å². The summed E-state index contributed by atoms with van der Waals surface area (Å²) in [6, 6.07) is 8.75. The molecule has 1 amide bonds. The number of benzene rings is 2. The van der Waals surface area contributed by atoms with Crippen molar-refractivity contribution in [3.05, 3.63) is 53.3 Å². The number of Topliss-reactive ketones (excluding diaryl/α,β-unsaturated/α-hetero) is 1. The van der Waals surface area contributed by atoms with Crippen LogP contribution in [0.2, 0.25) is 0 Å². The Kier molecular flexibility index (Phi) is 6.44. The molecule has 0 aliphatic carbocycles. The summed E-state index contributed by atoms with van der Waals surface area (Å²) in [6.07, 6.45) is 1.59. The molecule has 1 aliphatic rings. The van der Waals surface area contributed by atoms with Crippen molar-refractivity contribution in [2.75, 3.05) is 20.8 Å². The average molecular weight is 427 g/mol. The number of fused-ring (bicyclic) bond motifs is 1. The molecular weight excluding hydrogens is 406 g/mol. The number of carboxylic acids is 1. The molecule has 3 rings (SSSR count). The van der Waals surface area contributed by atoms with Crippen molar-refractivity contribution in [3.8, 4) is 23.0 Å².